The normalized spacial score (nSPS) is 44.7. The number of carbonyl (C=O) groups excluding carboxylic acids is 1. The van der Waals surface area contributed by atoms with E-state index in [9.17, 15) is 96.4 Å². The topological polar surface area (TPSA) is 482 Å². The molecule has 31 heteroatoms. The second kappa shape index (κ2) is 25.3. The van der Waals surface area contributed by atoms with Gasteiger partial charge < -0.3 is 139 Å². The lowest BCUT2D eigenvalue weighted by Crippen LogP contribution is -2.72. The molecule has 414 valence electrons. The number of amides is 1. The number of nitrogens with one attached hydrogen (secondary N) is 1. The van der Waals surface area contributed by atoms with Crippen molar-refractivity contribution in [3.05, 3.63) is 0 Å². The van der Waals surface area contributed by atoms with Gasteiger partial charge in [-0.15, -0.1) is 0 Å². The van der Waals surface area contributed by atoms with Gasteiger partial charge in [0, 0.05) is 28.0 Å². The summed E-state index contributed by atoms with van der Waals surface area (Å²) in [6.45, 7) is 2.12. The highest BCUT2D eigenvalue weighted by Gasteiger charge is 2.62. The molecule has 5 rings (SSSR count). The van der Waals surface area contributed by atoms with Crippen molar-refractivity contribution in [2.24, 2.45) is 0 Å². The molecule has 0 bridgehead atoms. The van der Waals surface area contributed by atoms with E-state index in [1.165, 1.54) is 0 Å². The summed E-state index contributed by atoms with van der Waals surface area (Å²) in [5.74, 6) is -6.39. The average molecular weight is 1060 g/mol. The fourth-order valence-electron chi connectivity index (χ4n) is 8.74. The molecule has 0 aromatic carbocycles. The van der Waals surface area contributed by atoms with Gasteiger partial charge in [-0.25, -0.2) is 4.79 Å². The van der Waals surface area contributed by atoms with E-state index < -0.39 is 218 Å². The number of ether oxygens (including phenoxy) is 10. The molecule has 0 unspecified atom stereocenters. The number of carboxylic acids is 1. The van der Waals surface area contributed by atoms with Crippen molar-refractivity contribution in [3.8, 4) is 0 Å². The maximum absolute atomic E-state index is 13.6. The maximum Gasteiger partial charge on any atom is 0.364 e. The Morgan fingerprint density at radius 3 is 1.69 bits per heavy atom. The number of rotatable bonds is 22. The Bertz CT molecular complexity index is 1690. The summed E-state index contributed by atoms with van der Waals surface area (Å²) in [5.41, 5.74) is 0. The van der Waals surface area contributed by atoms with Crippen molar-refractivity contribution >= 4 is 20.0 Å². The van der Waals surface area contributed by atoms with Crippen LogP contribution in [0.2, 0.25) is 25.7 Å². The fourth-order valence-corrected chi connectivity index (χ4v) is 9.47. The Balaban J connectivity index is 1.48. The monoisotopic (exact) mass is 1060 g/mol. The lowest BCUT2D eigenvalue weighted by Gasteiger charge is -2.52. The van der Waals surface area contributed by atoms with Gasteiger partial charge in [0.1, 0.15) is 116 Å². The Hall–Kier alpha value is -1.88. The van der Waals surface area contributed by atoms with Crippen LogP contribution >= 0.6 is 0 Å². The van der Waals surface area contributed by atoms with E-state index >= 15 is 0 Å². The molecule has 0 aromatic rings. The minimum absolute atomic E-state index is 0.122. The molecule has 0 aliphatic carbocycles. The van der Waals surface area contributed by atoms with Crippen LogP contribution in [-0.4, -0.2) is 305 Å². The van der Waals surface area contributed by atoms with Crippen molar-refractivity contribution < 1.29 is 144 Å². The van der Waals surface area contributed by atoms with E-state index in [1.807, 2.05) is 0 Å². The third kappa shape index (κ3) is 13.6. The van der Waals surface area contributed by atoms with E-state index in [-0.39, 0.29) is 6.61 Å². The summed E-state index contributed by atoms with van der Waals surface area (Å²) >= 11 is 0. The molecule has 0 radical (unpaired) electrons. The van der Waals surface area contributed by atoms with Crippen LogP contribution < -0.4 is 5.32 Å². The summed E-state index contributed by atoms with van der Waals surface area (Å²) in [5, 5.41) is 184. The summed E-state index contributed by atoms with van der Waals surface area (Å²) in [6, 6.07) is -1.21. The van der Waals surface area contributed by atoms with Crippen molar-refractivity contribution in [2.45, 2.75) is 198 Å². The molecule has 5 heterocycles. The predicted molar refractivity (Wildman–Crippen MR) is 227 cm³/mol. The van der Waals surface area contributed by atoms with E-state index in [0.717, 1.165) is 6.92 Å². The largest absolute Gasteiger partial charge is 0.477 e. The standard InChI is InChI=1S/C40H71NO29Si/c1-13(47)41-20-16(62-37-28(57)33(22(51)17(10-44)63-37)68-36-27(56)24(53)30(66-36)15(49)9-43)7-40(39(59)60,69-32(20)21(50)14(48)8-42)70-34-23(52)18(11-45)64-38(29(34)58)67-31-19(12-46)65-35(26(55)25(31)54)61-5-6-71(2,3)4/h14-38,42-46,48-58H,5-12H2,1-4H3,(H,41,47)(H,59,60)/t14-,15-,16+,17-,18-,19-,20-,21-,22+,23+,24-,25-,26-,27-,28-,29-,30+,31-,32-,33+,34+,35-,36+,37+,38+,40+/m1/s1. The van der Waals surface area contributed by atoms with E-state index in [0.29, 0.717) is 6.04 Å². The first-order chi connectivity index (χ1) is 33.3. The minimum Gasteiger partial charge on any atom is -0.477 e. The predicted octanol–water partition coefficient (Wildman–Crippen LogP) is -10.2. The van der Waals surface area contributed by atoms with Crippen molar-refractivity contribution in [2.75, 3.05) is 39.6 Å². The number of aliphatic hydroxyl groups excluding tert-OH is 16. The van der Waals surface area contributed by atoms with E-state index in [1.54, 1.807) is 0 Å². The SMILES string of the molecule is CC(=O)N[C@H]1[C@H]([C@H](O)[C@H](O)CO)O[C@@](O[C@H]2[C@@H](O)[C@@H](CO)O[C@@H](O[C@H]3[C@H](O)[C@@H](O)[C@H](OCC[Si](C)(C)C)O[C@@H]3CO)[C@@H]2O)(C(=O)O)C[C@@H]1O[C@H]1O[C@H](CO)[C@H](O)[C@H](O[C@@H]2O[C@@H]([C@H](O)CO)[C@H](O)[C@H]2O)[C@H]1O. The molecular formula is C40H71NO29Si. The molecule has 0 spiro atoms. The zero-order valence-electron chi connectivity index (χ0n) is 39.1. The van der Waals surface area contributed by atoms with Crippen LogP contribution in [0.1, 0.15) is 13.3 Å². The first-order valence-electron chi connectivity index (χ1n) is 22.9. The molecule has 5 aliphatic rings. The summed E-state index contributed by atoms with van der Waals surface area (Å²) in [7, 11) is -1.64. The second-order valence-corrected chi connectivity index (χ2v) is 24.9. The summed E-state index contributed by atoms with van der Waals surface area (Å²) in [6.07, 6.45) is -48.6. The fraction of sp³-hybridized carbons (Fsp3) is 0.950. The van der Waals surface area contributed by atoms with E-state index in [2.05, 4.69) is 25.0 Å². The van der Waals surface area contributed by atoms with Gasteiger partial charge in [-0.1, -0.05) is 19.6 Å². The maximum atomic E-state index is 13.6. The van der Waals surface area contributed by atoms with Crippen molar-refractivity contribution in [1.29, 1.82) is 0 Å². The van der Waals surface area contributed by atoms with Crippen LogP contribution in [0.4, 0.5) is 0 Å². The van der Waals surface area contributed by atoms with Crippen LogP contribution in [0.25, 0.3) is 0 Å². The smallest absolute Gasteiger partial charge is 0.364 e. The number of carboxylic acid groups (broad SMARTS) is 1. The van der Waals surface area contributed by atoms with Crippen LogP contribution in [0.3, 0.4) is 0 Å². The molecule has 5 aliphatic heterocycles. The number of aliphatic carboxylic acids is 1. The Kier molecular flexibility index (Phi) is 21.4. The molecule has 5 saturated heterocycles. The molecule has 18 N–H and O–H groups in total. The van der Waals surface area contributed by atoms with Gasteiger partial charge in [0.05, 0.1) is 45.2 Å². The van der Waals surface area contributed by atoms with E-state index in [4.69, 9.17) is 47.4 Å². The van der Waals surface area contributed by atoms with Gasteiger partial charge in [0.25, 0.3) is 5.79 Å². The Morgan fingerprint density at radius 1 is 0.634 bits per heavy atom. The van der Waals surface area contributed by atoms with Gasteiger partial charge in [-0.2, -0.15) is 0 Å². The van der Waals surface area contributed by atoms with Gasteiger partial charge >= 0.3 is 5.97 Å². The zero-order chi connectivity index (χ0) is 53.0. The molecule has 1 amide bonds. The highest BCUT2D eigenvalue weighted by molar-refractivity contribution is 6.76. The molecule has 30 nitrogen and oxygen atoms in total. The molecule has 0 aromatic heterocycles. The van der Waals surface area contributed by atoms with Crippen LogP contribution in [0.5, 0.6) is 0 Å². The van der Waals surface area contributed by atoms with Gasteiger partial charge in [0.2, 0.25) is 5.91 Å². The molecule has 26 atom stereocenters. The first kappa shape index (κ1) is 60.0. The van der Waals surface area contributed by atoms with Gasteiger partial charge in [0.15, 0.2) is 25.2 Å². The number of hydrogen-bond donors (Lipinski definition) is 18. The molecule has 71 heavy (non-hydrogen) atoms. The lowest BCUT2D eigenvalue weighted by molar-refractivity contribution is -0.393. The Labute approximate surface area is 406 Å². The highest BCUT2D eigenvalue weighted by Crippen LogP contribution is 2.41. The zero-order valence-corrected chi connectivity index (χ0v) is 40.1. The van der Waals surface area contributed by atoms with Gasteiger partial charge in [-0.05, 0) is 6.04 Å². The quantitative estimate of drug-likeness (QED) is 0.0448. The third-order valence-corrected chi connectivity index (χ3v) is 14.5. The Morgan fingerprint density at radius 2 is 1.15 bits per heavy atom. The van der Waals surface area contributed by atoms with Crippen LogP contribution in [-0.2, 0) is 57.0 Å². The van der Waals surface area contributed by atoms with Crippen LogP contribution in [0, 0.1) is 0 Å². The van der Waals surface area contributed by atoms with Crippen molar-refractivity contribution in [1.82, 2.24) is 5.32 Å². The molecular weight excluding hydrogens is 987 g/mol. The third-order valence-electron chi connectivity index (χ3n) is 12.8. The number of carbonyl (C=O) groups is 2. The number of hydrogen-bond acceptors (Lipinski definition) is 28. The average Bonchev–Trinajstić information content (AvgIpc) is 3.60. The summed E-state index contributed by atoms with van der Waals surface area (Å²) < 4.78 is 57.1. The van der Waals surface area contributed by atoms with Gasteiger partial charge in [-0.3, -0.25) is 4.79 Å². The molecule has 0 saturated carbocycles. The minimum atomic E-state index is -3.33. The first-order valence-corrected chi connectivity index (χ1v) is 26.6. The molecule has 5 fully saturated rings. The number of aliphatic hydroxyl groups is 16. The summed E-state index contributed by atoms with van der Waals surface area (Å²) in [4.78, 5) is 26.3. The van der Waals surface area contributed by atoms with Crippen molar-refractivity contribution in [3.63, 3.8) is 0 Å². The highest BCUT2D eigenvalue weighted by atomic mass is 28.3. The van der Waals surface area contributed by atoms with Crippen LogP contribution in [0.15, 0.2) is 0 Å². The lowest BCUT2D eigenvalue weighted by atomic mass is 9.87. The second-order valence-electron chi connectivity index (χ2n) is 19.3.